The Bertz CT molecular complexity index is 799. The van der Waals surface area contributed by atoms with Gasteiger partial charge in [0.1, 0.15) is 11.8 Å². The molecule has 1 amide bonds. The Kier molecular flexibility index (Phi) is 14.5. The van der Waals surface area contributed by atoms with E-state index >= 15 is 0 Å². The summed E-state index contributed by atoms with van der Waals surface area (Å²) in [6.45, 7) is 5.96. The molecule has 0 saturated carbocycles. The van der Waals surface area contributed by atoms with E-state index < -0.39 is 5.91 Å². The van der Waals surface area contributed by atoms with Gasteiger partial charge in [-0.05, 0) is 30.2 Å². The van der Waals surface area contributed by atoms with E-state index in [4.69, 9.17) is 15.2 Å². The number of hydrogen-bond donors (Lipinski definition) is 2. The number of rotatable bonds is 8. The van der Waals surface area contributed by atoms with Crippen molar-refractivity contribution in [1.29, 1.82) is 0 Å². The molecule has 0 saturated heterocycles. The van der Waals surface area contributed by atoms with Crippen molar-refractivity contribution in [1.82, 2.24) is 4.98 Å². The number of aromatic nitrogens is 1. The van der Waals surface area contributed by atoms with E-state index in [1.165, 1.54) is 19.4 Å². The van der Waals surface area contributed by atoms with E-state index in [0.717, 1.165) is 19.3 Å². The number of methoxy groups -OCH3 is 1. The van der Waals surface area contributed by atoms with Crippen molar-refractivity contribution >= 4 is 17.6 Å². The van der Waals surface area contributed by atoms with Gasteiger partial charge >= 0.3 is 5.97 Å². The highest BCUT2D eigenvalue weighted by atomic mass is 16.5. The molecule has 0 radical (unpaired) electrons. The summed E-state index contributed by atoms with van der Waals surface area (Å²) in [6.07, 6.45) is 4.96. The zero-order valence-corrected chi connectivity index (χ0v) is 18.4. The van der Waals surface area contributed by atoms with Crippen LogP contribution in [0.2, 0.25) is 0 Å². The number of carbonyl (C=O) groups excluding carboxylic acids is 2. The van der Waals surface area contributed by atoms with Crippen LogP contribution in [0.25, 0.3) is 0 Å². The molecule has 0 fully saturated rings. The summed E-state index contributed by atoms with van der Waals surface area (Å²) in [6, 6.07) is 10.1. The SMILES string of the molecule is CCCC(CC)OC(=O)CC.COc1ccnc(C(N)=O)c1O.O=Nc1ccccc1. The summed E-state index contributed by atoms with van der Waals surface area (Å²) in [7, 11) is 1.37. The number of nitroso groups, excluding NO2 is 1. The van der Waals surface area contributed by atoms with Crippen molar-refractivity contribution in [2.75, 3.05) is 7.11 Å². The maximum atomic E-state index is 10.8. The van der Waals surface area contributed by atoms with Gasteiger partial charge in [-0.3, -0.25) is 9.59 Å². The average Bonchev–Trinajstić information content (AvgIpc) is 2.80. The first-order valence-corrected chi connectivity index (χ1v) is 9.93. The maximum Gasteiger partial charge on any atom is 0.305 e. The van der Waals surface area contributed by atoms with Crippen LogP contribution in [0.5, 0.6) is 11.5 Å². The number of esters is 1. The molecular weight excluding hydrogens is 402 g/mol. The number of amides is 1. The minimum atomic E-state index is -0.786. The van der Waals surface area contributed by atoms with Crippen LogP contribution in [0.1, 0.15) is 56.9 Å². The van der Waals surface area contributed by atoms with Crippen LogP contribution in [-0.2, 0) is 9.53 Å². The summed E-state index contributed by atoms with van der Waals surface area (Å²) in [5, 5.41) is 12.0. The number of aromatic hydroxyl groups is 1. The number of primary amides is 1. The van der Waals surface area contributed by atoms with Crippen molar-refractivity contribution in [2.45, 2.75) is 52.6 Å². The second-order valence-electron chi connectivity index (χ2n) is 6.16. The quantitative estimate of drug-likeness (QED) is 0.461. The molecule has 9 nitrogen and oxygen atoms in total. The van der Waals surface area contributed by atoms with Gasteiger partial charge in [0.2, 0.25) is 0 Å². The number of nitrogens with zero attached hydrogens (tertiary/aromatic N) is 2. The molecule has 1 heterocycles. The van der Waals surface area contributed by atoms with Crippen LogP contribution < -0.4 is 10.5 Å². The van der Waals surface area contributed by atoms with Crippen molar-refractivity contribution < 1.29 is 24.2 Å². The number of nitrogens with two attached hydrogens (primary N) is 1. The highest BCUT2D eigenvalue weighted by Gasteiger charge is 2.12. The third-order valence-electron chi connectivity index (χ3n) is 3.85. The third kappa shape index (κ3) is 11.3. The summed E-state index contributed by atoms with van der Waals surface area (Å²) >= 11 is 0. The van der Waals surface area contributed by atoms with Gasteiger partial charge in [-0.1, -0.05) is 45.4 Å². The van der Waals surface area contributed by atoms with E-state index in [0.29, 0.717) is 12.1 Å². The highest BCUT2D eigenvalue weighted by molar-refractivity contribution is 5.94. The smallest absolute Gasteiger partial charge is 0.305 e. The molecule has 1 aromatic carbocycles. The second-order valence-corrected chi connectivity index (χ2v) is 6.16. The minimum Gasteiger partial charge on any atom is -0.503 e. The molecular formula is C22H31N3O6. The van der Waals surface area contributed by atoms with Crippen LogP contribution >= 0.6 is 0 Å². The average molecular weight is 434 g/mol. The Labute approximate surface area is 182 Å². The van der Waals surface area contributed by atoms with Gasteiger partial charge in [-0.2, -0.15) is 0 Å². The van der Waals surface area contributed by atoms with Gasteiger partial charge < -0.3 is 20.3 Å². The van der Waals surface area contributed by atoms with Crippen LogP contribution in [0, 0.1) is 4.91 Å². The lowest BCUT2D eigenvalue weighted by atomic mass is 10.1. The standard InChI is InChI=1S/C9H18O2.C7H8N2O3.C6H5NO/c1-4-7-8(5-2)11-9(10)6-3;1-12-4-2-3-9-5(6(4)10)7(8)11;8-7-6-4-2-1-3-5-6/h8H,4-7H2,1-3H3;2-3,10H,1H3,(H2,8,11);1-5H. The molecule has 2 aromatic rings. The Morgan fingerprint density at radius 1 is 1.16 bits per heavy atom. The summed E-state index contributed by atoms with van der Waals surface area (Å²) in [4.78, 5) is 34.8. The normalized spacial score (nSPS) is 10.3. The second kappa shape index (κ2) is 16.3. The van der Waals surface area contributed by atoms with Crippen LogP contribution in [0.3, 0.4) is 0 Å². The van der Waals surface area contributed by atoms with E-state index in [1.54, 1.807) is 24.3 Å². The molecule has 0 spiro atoms. The fourth-order valence-electron chi connectivity index (χ4n) is 2.21. The summed E-state index contributed by atoms with van der Waals surface area (Å²) < 4.78 is 9.89. The van der Waals surface area contributed by atoms with Crippen molar-refractivity contribution in [3.8, 4) is 11.5 Å². The lowest BCUT2D eigenvalue weighted by molar-refractivity contribution is -0.149. The molecule has 3 N–H and O–H groups in total. The van der Waals surface area contributed by atoms with Crippen molar-refractivity contribution in [3.63, 3.8) is 0 Å². The number of hydrogen-bond acceptors (Lipinski definition) is 8. The first-order valence-electron chi connectivity index (χ1n) is 9.93. The van der Waals surface area contributed by atoms with Crippen LogP contribution in [0.15, 0.2) is 47.8 Å². The molecule has 1 unspecified atom stereocenters. The molecule has 9 heteroatoms. The highest BCUT2D eigenvalue weighted by Crippen LogP contribution is 2.26. The molecule has 170 valence electrons. The zero-order valence-electron chi connectivity index (χ0n) is 18.4. The first-order chi connectivity index (χ1) is 14.8. The monoisotopic (exact) mass is 433 g/mol. The van der Waals surface area contributed by atoms with Gasteiger partial charge in [-0.25, -0.2) is 4.98 Å². The number of pyridine rings is 1. The predicted octanol–water partition coefficient (Wildman–Crippen LogP) is 4.50. The molecule has 0 aliphatic rings. The first kappa shape index (κ1) is 27.5. The fraction of sp³-hybridized carbons (Fsp3) is 0.409. The predicted molar refractivity (Wildman–Crippen MR) is 118 cm³/mol. The van der Waals surface area contributed by atoms with Crippen LogP contribution in [-0.4, -0.2) is 35.2 Å². The topological polar surface area (TPSA) is 141 Å². The van der Waals surface area contributed by atoms with E-state index in [1.807, 2.05) is 19.9 Å². The fourth-order valence-corrected chi connectivity index (χ4v) is 2.21. The molecule has 1 aromatic heterocycles. The molecule has 0 aliphatic carbocycles. The van der Waals surface area contributed by atoms with E-state index in [2.05, 4.69) is 17.1 Å². The summed E-state index contributed by atoms with van der Waals surface area (Å²) in [5.41, 5.74) is 5.21. The van der Waals surface area contributed by atoms with Crippen molar-refractivity contribution in [3.05, 3.63) is 53.2 Å². The van der Waals surface area contributed by atoms with Gasteiger partial charge in [0.15, 0.2) is 17.2 Å². The Morgan fingerprint density at radius 3 is 2.23 bits per heavy atom. The number of benzene rings is 1. The summed E-state index contributed by atoms with van der Waals surface area (Å²) in [5.74, 6) is -1.01. The van der Waals surface area contributed by atoms with Gasteiger partial charge in [0.25, 0.3) is 5.91 Å². The molecule has 0 aliphatic heterocycles. The van der Waals surface area contributed by atoms with Crippen LogP contribution in [0.4, 0.5) is 5.69 Å². The van der Waals surface area contributed by atoms with E-state index in [-0.39, 0.29) is 29.3 Å². The van der Waals surface area contributed by atoms with Gasteiger partial charge in [0.05, 0.1) is 7.11 Å². The maximum absolute atomic E-state index is 10.8. The molecule has 0 bridgehead atoms. The number of carbonyl (C=O) groups is 2. The lowest BCUT2D eigenvalue weighted by Gasteiger charge is -2.14. The number of ether oxygens (including phenoxy) is 2. The Hall–Kier alpha value is -3.49. The minimum absolute atomic E-state index is 0.0784. The molecule has 31 heavy (non-hydrogen) atoms. The van der Waals surface area contributed by atoms with Gasteiger partial charge in [0, 0.05) is 18.7 Å². The zero-order chi connectivity index (χ0) is 23.6. The lowest BCUT2D eigenvalue weighted by Crippen LogP contribution is -2.16. The van der Waals surface area contributed by atoms with Crippen molar-refractivity contribution in [2.24, 2.45) is 10.9 Å². The molecule has 2 rings (SSSR count). The van der Waals surface area contributed by atoms with E-state index in [9.17, 15) is 19.6 Å². The Balaban J connectivity index is 0.000000444. The Morgan fingerprint density at radius 2 is 1.81 bits per heavy atom. The molecule has 1 atom stereocenters. The third-order valence-corrected chi connectivity index (χ3v) is 3.85. The van der Waals surface area contributed by atoms with Gasteiger partial charge in [-0.15, -0.1) is 4.91 Å². The largest absolute Gasteiger partial charge is 0.503 e.